The van der Waals surface area contributed by atoms with Gasteiger partial charge in [-0.25, -0.2) is 8.42 Å². The molecule has 0 unspecified atom stereocenters. The molecule has 0 heterocycles. The van der Waals surface area contributed by atoms with Crippen LogP contribution in [0.5, 0.6) is 0 Å². The van der Waals surface area contributed by atoms with Gasteiger partial charge in [-0.15, -0.1) is 0 Å². The largest absolute Gasteiger partial charge is 0.352 e. The molecule has 3 rings (SSSR count). The zero-order valence-electron chi connectivity index (χ0n) is 21.9. The van der Waals surface area contributed by atoms with Gasteiger partial charge in [0.15, 0.2) is 0 Å². The van der Waals surface area contributed by atoms with Gasteiger partial charge >= 0.3 is 0 Å². The van der Waals surface area contributed by atoms with Crippen LogP contribution in [0.15, 0.2) is 53.4 Å². The lowest BCUT2D eigenvalue weighted by Crippen LogP contribution is -2.53. The molecule has 1 saturated carbocycles. The Kier molecular flexibility index (Phi) is 9.68. The Morgan fingerprint density at radius 1 is 1.00 bits per heavy atom. The summed E-state index contributed by atoms with van der Waals surface area (Å²) in [6.45, 7) is 5.62. The van der Waals surface area contributed by atoms with E-state index in [4.69, 9.17) is 0 Å². The first-order valence-electron chi connectivity index (χ1n) is 12.8. The monoisotopic (exact) mass is 513 g/mol. The molecule has 1 atom stereocenters. The lowest BCUT2D eigenvalue weighted by atomic mass is 9.95. The van der Waals surface area contributed by atoms with E-state index in [9.17, 15) is 18.0 Å². The Hall–Kier alpha value is -2.71. The maximum Gasteiger partial charge on any atom is 0.243 e. The number of likely N-dealkylation sites (N-methyl/N-ethyl adjacent to an activating group) is 1. The van der Waals surface area contributed by atoms with Crippen LogP contribution in [-0.2, 0) is 26.2 Å². The van der Waals surface area contributed by atoms with Crippen LogP contribution in [-0.4, -0.2) is 55.1 Å². The van der Waals surface area contributed by atoms with Crippen LogP contribution in [0.25, 0.3) is 0 Å². The molecule has 8 heteroatoms. The number of nitrogens with zero attached hydrogens (tertiary/aromatic N) is 2. The van der Waals surface area contributed by atoms with Crippen molar-refractivity contribution in [3.8, 4) is 0 Å². The molecule has 1 fully saturated rings. The van der Waals surface area contributed by atoms with Crippen molar-refractivity contribution in [3.63, 3.8) is 0 Å². The molecule has 36 heavy (non-hydrogen) atoms. The number of carbonyl (C=O) groups is 2. The molecule has 2 aromatic carbocycles. The summed E-state index contributed by atoms with van der Waals surface area (Å²) in [4.78, 5) is 28.7. The molecular formula is C28H39N3O4S. The molecule has 0 bridgehead atoms. The van der Waals surface area contributed by atoms with Gasteiger partial charge in [0.1, 0.15) is 6.04 Å². The second kappa shape index (κ2) is 12.5. The second-order valence-electron chi connectivity index (χ2n) is 9.79. The van der Waals surface area contributed by atoms with Crippen LogP contribution in [0.2, 0.25) is 0 Å². The van der Waals surface area contributed by atoms with E-state index >= 15 is 0 Å². The van der Waals surface area contributed by atoms with Crippen LogP contribution in [0.4, 0.5) is 0 Å². The van der Waals surface area contributed by atoms with Crippen molar-refractivity contribution in [2.45, 2.75) is 82.8 Å². The minimum Gasteiger partial charge on any atom is -0.352 e. The Morgan fingerprint density at radius 2 is 1.64 bits per heavy atom. The normalized spacial score (nSPS) is 15.5. The average molecular weight is 514 g/mol. The van der Waals surface area contributed by atoms with E-state index in [-0.39, 0.29) is 29.9 Å². The molecule has 0 spiro atoms. The fourth-order valence-electron chi connectivity index (χ4n) is 4.69. The fourth-order valence-corrected chi connectivity index (χ4v) is 5.81. The van der Waals surface area contributed by atoms with Gasteiger partial charge in [0, 0.05) is 19.6 Å². The highest BCUT2D eigenvalue weighted by Crippen LogP contribution is 2.21. The van der Waals surface area contributed by atoms with Gasteiger partial charge < -0.3 is 10.2 Å². The number of carbonyl (C=O) groups excluding carboxylic acids is 2. The number of benzene rings is 2. The molecule has 1 N–H and O–H groups in total. The van der Waals surface area contributed by atoms with E-state index in [0.29, 0.717) is 6.42 Å². The predicted molar refractivity (Wildman–Crippen MR) is 142 cm³/mol. The third-order valence-corrected chi connectivity index (χ3v) is 8.84. The van der Waals surface area contributed by atoms with Crippen LogP contribution in [0, 0.1) is 13.8 Å². The minimum absolute atomic E-state index is 0.125. The van der Waals surface area contributed by atoms with Crippen molar-refractivity contribution in [1.82, 2.24) is 14.5 Å². The summed E-state index contributed by atoms with van der Waals surface area (Å²) in [6.07, 6.45) is 5.70. The van der Waals surface area contributed by atoms with E-state index in [1.807, 2.05) is 45.0 Å². The first-order chi connectivity index (χ1) is 17.1. The highest BCUT2D eigenvalue weighted by molar-refractivity contribution is 7.89. The quantitative estimate of drug-likeness (QED) is 0.516. The van der Waals surface area contributed by atoms with Gasteiger partial charge in [0.05, 0.1) is 11.4 Å². The Morgan fingerprint density at radius 3 is 2.25 bits per heavy atom. The van der Waals surface area contributed by atoms with Gasteiger partial charge in [-0.1, -0.05) is 68.1 Å². The first kappa shape index (κ1) is 27.9. The number of hydrogen-bond acceptors (Lipinski definition) is 4. The van der Waals surface area contributed by atoms with E-state index in [1.165, 1.54) is 13.5 Å². The van der Waals surface area contributed by atoms with Crippen LogP contribution in [0.3, 0.4) is 0 Å². The smallest absolute Gasteiger partial charge is 0.243 e. The number of nitrogens with one attached hydrogen (secondary N) is 1. The zero-order chi connectivity index (χ0) is 26.3. The predicted octanol–water partition coefficient (Wildman–Crippen LogP) is 4.18. The molecule has 2 aromatic rings. The van der Waals surface area contributed by atoms with Crippen molar-refractivity contribution < 1.29 is 18.0 Å². The number of rotatable bonds is 10. The Balaban J connectivity index is 1.84. The number of amides is 2. The van der Waals surface area contributed by atoms with E-state index < -0.39 is 22.0 Å². The van der Waals surface area contributed by atoms with Gasteiger partial charge in [0.25, 0.3) is 0 Å². The fraction of sp³-hybridized carbons (Fsp3) is 0.500. The summed E-state index contributed by atoms with van der Waals surface area (Å²) >= 11 is 0. The van der Waals surface area contributed by atoms with Crippen molar-refractivity contribution in [1.29, 1.82) is 0 Å². The summed E-state index contributed by atoms with van der Waals surface area (Å²) in [5.41, 5.74) is 2.89. The maximum atomic E-state index is 13.6. The van der Waals surface area contributed by atoms with Gasteiger partial charge in [-0.05, 0) is 56.4 Å². The van der Waals surface area contributed by atoms with Crippen LogP contribution < -0.4 is 5.32 Å². The number of aryl methyl sites for hydroxylation is 2. The van der Waals surface area contributed by atoms with Gasteiger partial charge in [0.2, 0.25) is 21.8 Å². The molecule has 1 aliphatic carbocycles. The number of hydrogen-bond donors (Lipinski definition) is 1. The summed E-state index contributed by atoms with van der Waals surface area (Å²) in [5.74, 6) is -0.572. The number of sulfonamides is 1. The first-order valence-corrected chi connectivity index (χ1v) is 14.2. The molecular weight excluding hydrogens is 474 g/mol. The molecule has 196 valence electrons. The second-order valence-corrected chi connectivity index (χ2v) is 11.8. The molecule has 2 amide bonds. The van der Waals surface area contributed by atoms with Crippen molar-refractivity contribution in [3.05, 3.63) is 65.2 Å². The molecule has 7 nitrogen and oxygen atoms in total. The molecule has 1 aliphatic rings. The van der Waals surface area contributed by atoms with Crippen molar-refractivity contribution >= 4 is 21.8 Å². The minimum atomic E-state index is -3.86. The third-order valence-electron chi connectivity index (χ3n) is 7.03. The van der Waals surface area contributed by atoms with E-state index in [1.54, 1.807) is 29.2 Å². The molecule has 0 radical (unpaired) electrons. The van der Waals surface area contributed by atoms with Crippen LogP contribution >= 0.6 is 0 Å². The summed E-state index contributed by atoms with van der Waals surface area (Å²) < 4.78 is 27.3. The van der Waals surface area contributed by atoms with E-state index in [2.05, 4.69) is 5.32 Å². The summed E-state index contributed by atoms with van der Waals surface area (Å²) in [7, 11) is -2.45. The lowest BCUT2D eigenvalue weighted by Gasteiger charge is -2.34. The molecule has 0 aliphatic heterocycles. The van der Waals surface area contributed by atoms with Crippen molar-refractivity contribution in [2.24, 2.45) is 0 Å². The topological polar surface area (TPSA) is 86.8 Å². The van der Waals surface area contributed by atoms with Gasteiger partial charge in [-0.2, -0.15) is 4.31 Å². The van der Waals surface area contributed by atoms with Crippen LogP contribution in [0.1, 0.15) is 62.1 Å². The zero-order valence-corrected chi connectivity index (χ0v) is 22.7. The van der Waals surface area contributed by atoms with E-state index in [0.717, 1.165) is 46.7 Å². The molecule has 0 aromatic heterocycles. The maximum absolute atomic E-state index is 13.6. The highest BCUT2D eigenvalue weighted by Gasteiger charge is 2.33. The average Bonchev–Trinajstić information content (AvgIpc) is 2.85. The molecule has 0 saturated heterocycles. The third kappa shape index (κ3) is 6.95. The van der Waals surface area contributed by atoms with Crippen molar-refractivity contribution in [2.75, 3.05) is 13.6 Å². The standard InChI is InChI=1S/C28H39N3O4S/c1-5-26(28(33)29-24-13-7-6-8-14-24)31(19-23-12-10-9-11-22(23)3)27(32)20-30(4)36(34,35)25-17-15-21(2)16-18-25/h9-12,15-18,24,26H,5-8,13-14,19-20H2,1-4H3,(H,29,33)/t26-/m0/s1. The summed E-state index contributed by atoms with van der Waals surface area (Å²) in [5, 5.41) is 3.16. The Bertz CT molecular complexity index is 1140. The SMILES string of the molecule is CC[C@@H](C(=O)NC1CCCCC1)N(Cc1ccccc1C)C(=O)CN(C)S(=O)(=O)c1ccc(C)cc1. The highest BCUT2D eigenvalue weighted by atomic mass is 32.2. The lowest BCUT2D eigenvalue weighted by molar-refractivity contribution is -0.141. The Labute approximate surface area is 215 Å². The van der Waals surface area contributed by atoms with Gasteiger partial charge in [-0.3, -0.25) is 9.59 Å². The summed E-state index contributed by atoms with van der Waals surface area (Å²) in [6, 6.07) is 13.7.